The highest BCUT2D eigenvalue weighted by Crippen LogP contribution is 2.27. The summed E-state index contributed by atoms with van der Waals surface area (Å²) >= 11 is 0. The van der Waals surface area contributed by atoms with E-state index in [-0.39, 0.29) is 5.69 Å². The molecule has 0 atom stereocenters. The van der Waals surface area contributed by atoms with Gasteiger partial charge in [0.1, 0.15) is 5.75 Å². The first-order valence-electron chi connectivity index (χ1n) is 8.37. The smallest absolute Gasteiger partial charge is 0.287 e. The van der Waals surface area contributed by atoms with Gasteiger partial charge in [0.15, 0.2) is 11.5 Å². The first kappa shape index (κ1) is 18.0. The predicted octanol–water partition coefficient (Wildman–Crippen LogP) is 3.60. The molecule has 3 N–H and O–H groups in total. The highest BCUT2D eigenvalue weighted by Gasteiger charge is 2.18. The van der Waals surface area contributed by atoms with Crippen LogP contribution in [0.2, 0.25) is 0 Å². The van der Waals surface area contributed by atoms with E-state index in [1.807, 2.05) is 24.3 Å². The molecule has 0 saturated heterocycles. The van der Waals surface area contributed by atoms with E-state index in [9.17, 15) is 4.79 Å². The first-order chi connectivity index (χ1) is 11.7. The Bertz CT molecular complexity index is 650. The molecule has 6 heteroatoms. The molecule has 6 nitrogen and oxygen atoms in total. The van der Waals surface area contributed by atoms with Gasteiger partial charge in [-0.15, -0.1) is 0 Å². The Kier molecular flexibility index (Phi) is 6.81. The summed E-state index contributed by atoms with van der Waals surface area (Å²) in [6.45, 7) is 4.71. The number of amides is 1. The van der Waals surface area contributed by atoms with Gasteiger partial charge < -0.3 is 9.26 Å². The summed E-state index contributed by atoms with van der Waals surface area (Å²) in [5.74, 6) is 6.04. The molecule has 24 heavy (non-hydrogen) atoms. The van der Waals surface area contributed by atoms with E-state index in [1.165, 1.54) is 25.7 Å². The fraction of sp³-hybridized carbons (Fsp3) is 0.444. The maximum Gasteiger partial charge on any atom is 0.287 e. The van der Waals surface area contributed by atoms with Crippen molar-refractivity contribution in [1.82, 2.24) is 10.6 Å². The summed E-state index contributed by atoms with van der Waals surface area (Å²) in [6, 6.07) is 7.58. The standard InChI is InChI=1S/C18H25N3O3/c1-3-4-5-6-7-12-23-15-10-8-14(9-11-15)17-13(2)16(21-24-17)18(22)20-19/h8-11H,3-7,12,19H2,1-2H3,(H,20,22). The van der Waals surface area contributed by atoms with E-state index in [4.69, 9.17) is 15.1 Å². The van der Waals surface area contributed by atoms with Crippen molar-refractivity contribution in [3.05, 3.63) is 35.5 Å². The molecule has 1 aromatic heterocycles. The molecule has 0 aliphatic heterocycles. The monoisotopic (exact) mass is 331 g/mol. The molecular weight excluding hydrogens is 306 g/mol. The number of aromatic nitrogens is 1. The highest BCUT2D eigenvalue weighted by molar-refractivity contribution is 5.94. The van der Waals surface area contributed by atoms with Crippen molar-refractivity contribution in [2.45, 2.75) is 46.0 Å². The van der Waals surface area contributed by atoms with Crippen LogP contribution in [-0.4, -0.2) is 17.7 Å². The number of hydrogen-bond acceptors (Lipinski definition) is 5. The molecule has 0 saturated carbocycles. The average Bonchev–Trinajstić information content (AvgIpc) is 2.99. The van der Waals surface area contributed by atoms with E-state index >= 15 is 0 Å². The lowest BCUT2D eigenvalue weighted by atomic mass is 10.1. The lowest BCUT2D eigenvalue weighted by Crippen LogP contribution is -2.30. The Morgan fingerprint density at radius 3 is 2.58 bits per heavy atom. The van der Waals surface area contributed by atoms with Crippen LogP contribution in [0.15, 0.2) is 28.8 Å². The van der Waals surface area contributed by atoms with Gasteiger partial charge in [0.05, 0.1) is 6.61 Å². The third kappa shape index (κ3) is 4.58. The van der Waals surface area contributed by atoms with Crippen LogP contribution >= 0.6 is 0 Å². The summed E-state index contributed by atoms with van der Waals surface area (Å²) in [5.41, 5.74) is 3.74. The molecule has 1 heterocycles. The number of nitrogens with two attached hydrogens (primary N) is 1. The molecule has 1 amide bonds. The Morgan fingerprint density at radius 2 is 1.92 bits per heavy atom. The maximum absolute atomic E-state index is 11.6. The maximum atomic E-state index is 11.6. The van der Waals surface area contributed by atoms with E-state index in [1.54, 1.807) is 6.92 Å². The average molecular weight is 331 g/mol. The minimum atomic E-state index is -0.467. The van der Waals surface area contributed by atoms with Gasteiger partial charge in [-0.2, -0.15) is 0 Å². The Hall–Kier alpha value is -2.34. The van der Waals surface area contributed by atoms with Gasteiger partial charge >= 0.3 is 0 Å². The Morgan fingerprint density at radius 1 is 1.21 bits per heavy atom. The zero-order valence-electron chi connectivity index (χ0n) is 14.3. The van der Waals surface area contributed by atoms with Crippen LogP contribution in [-0.2, 0) is 0 Å². The minimum Gasteiger partial charge on any atom is -0.494 e. The van der Waals surface area contributed by atoms with Gasteiger partial charge in [-0.05, 0) is 37.6 Å². The Balaban J connectivity index is 1.92. The van der Waals surface area contributed by atoms with Crippen molar-refractivity contribution in [1.29, 1.82) is 0 Å². The predicted molar refractivity (Wildman–Crippen MR) is 92.6 cm³/mol. The number of nitrogen functional groups attached to an aromatic ring is 1. The van der Waals surface area contributed by atoms with Gasteiger partial charge in [0.2, 0.25) is 0 Å². The molecular formula is C18H25N3O3. The fourth-order valence-corrected chi connectivity index (χ4v) is 2.48. The molecule has 0 radical (unpaired) electrons. The summed E-state index contributed by atoms with van der Waals surface area (Å²) in [6.07, 6.45) is 6.07. The van der Waals surface area contributed by atoms with Crippen LogP contribution in [0.5, 0.6) is 5.75 Å². The molecule has 0 fully saturated rings. The van der Waals surface area contributed by atoms with E-state index in [0.29, 0.717) is 11.3 Å². The molecule has 0 aliphatic carbocycles. The number of carbonyl (C=O) groups is 1. The molecule has 0 aliphatic rings. The number of rotatable bonds is 9. The SMILES string of the molecule is CCCCCCCOc1ccc(-c2onc(C(=O)NN)c2C)cc1. The lowest BCUT2D eigenvalue weighted by molar-refractivity contribution is 0.0944. The summed E-state index contributed by atoms with van der Waals surface area (Å²) in [7, 11) is 0. The molecule has 2 aromatic rings. The zero-order chi connectivity index (χ0) is 17.4. The van der Waals surface area contributed by atoms with Gasteiger partial charge in [-0.25, -0.2) is 5.84 Å². The van der Waals surface area contributed by atoms with Crippen LogP contribution in [0, 0.1) is 6.92 Å². The molecule has 2 rings (SSSR count). The van der Waals surface area contributed by atoms with Crippen LogP contribution in [0.25, 0.3) is 11.3 Å². The summed E-state index contributed by atoms with van der Waals surface area (Å²) in [4.78, 5) is 11.6. The quantitative estimate of drug-likeness (QED) is 0.317. The second-order valence-corrected chi connectivity index (χ2v) is 5.75. The second-order valence-electron chi connectivity index (χ2n) is 5.75. The van der Waals surface area contributed by atoms with Crippen molar-refractivity contribution in [2.75, 3.05) is 6.61 Å². The molecule has 0 unspecified atom stereocenters. The van der Waals surface area contributed by atoms with Gasteiger partial charge in [0.25, 0.3) is 5.91 Å². The van der Waals surface area contributed by atoms with Crippen LogP contribution in [0.4, 0.5) is 0 Å². The van der Waals surface area contributed by atoms with Crippen LogP contribution < -0.4 is 16.0 Å². The van der Waals surface area contributed by atoms with E-state index < -0.39 is 5.91 Å². The number of hydrogen-bond donors (Lipinski definition) is 2. The van der Waals surface area contributed by atoms with Crippen molar-refractivity contribution in [2.24, 2.45) is 5.84 Å². The zero-order valence-corrected chi connectivity index (χ0v) is 14.3. The van der Waals surface area contributed by atoms with Crippen molar-refractivity contribution < 1.29 is 14.1 Å². The third-order valence-corrected chi connectivity index (χ3v) is 3.90. The number of benzene rings is 1. The van der Waals surface area contributed by atoms with Crippen molar-refractivity contribution in [3.63, 3.8) is 0 Å². The normalized spacial score (nSPS) is 10.6. The summed E-state index contributed by atoms with van der Waals surface area (Å²) < 4.78 is 11.0. The number of nitrogens with zero attached hydrogens (tertiary/aromatic N) is 1. The largest absolute Gasteiger partial charge is 0.494 e. The molecule has 130 valence electrons. The van der Waals surface area contributed by atoms with Crippen LogP contribution in [0.3, 0.4) is 0 Å². The van der Waals surface area contributed by atoms with Crippen LogP contribution in [0.1, 0.15) is 55.1 Å². The number of ether oxygens (including phenoxy) is 1. The topological polar surface area (TPSA) is 90.4 Å². The second kappa shape index (κ2) is 9.08. The number of nitrogens with one attached hydrogen (secondary N) is 1. The van der Waals surface area contributed by atoms with E-state index in [2.05, 4.69) is 17.5 Å². The van der Waals surface area contributed by atoms with E-state index in [0.717, 1.165) is 24.3 Å². The fourth-order valence-electron chi connectivity index (χ4n) is 2.48. The number of carbonyl (C=O) groups excluding carboxylic acids is 1. The van der Waals surface area contributed by atoms with Gasteiger partial charge in [0, 0.05) is 11.1 Å². The Labute approximate surface area is 142 Å². The number of unbranched alkanes of at least 4 members (excludes halogenated alkanes) is 4. The van der Waals surface area contributed by atoms with Gasteiger partial charge in [-0.3, -0.25) is 10.2 Å². The van der Waals surface area contributed by atoms with Crippen molar-refractivity contribution >= 4 is 5.91 Å². The molecule has 0 bridgehead atoms. The summed E-state index contributed by atoms with van der Waals surface area (Å²) in [5, 5.41) is 3.77. The minimum absolute atomic E-state index is 0.194. The highest BCUT2D eigenvalue weighted by atomic mass is 16.5. The molecule has 0 spiro atoms. The lowest BCUT2D eigenvalue weighted by Gasteiger charge is -2.06. The third-order valence-electron chi connectivity index (χ3n) is 3.90. The van der Waals surface area contributed by atoms with Crippen molar-refractivity contribution in [3.8, 4) is 17.1 Å². The van der Waals surface area contributed by atoms with Gasteiger partial charge in [-0.1, -0.05) is 37.8 Å². The first-order valence-corrected chi connectivity index (χ1v) is 8.37. The molecule has 1 aromatic carbocycles. The number of hydrazine groups is 1.